The lowest BCUT2D eigenvalue weighted by atomic mass is 10.1. The van der Waals surface area contributed by atoms with Gasteiger partial charge in [-0.2, -0.15) is 0 Å². The number of ether oxygens (including phenoxy) is 1. The van der Waals surface area contributed by atoms with Crippen LogP contribution in [-0.2, 0) is 6.42 Å². The molecule has 22 heavy (non-hydrogen) atoms. The first-order valence-corrected chi connectivity index (χ1v) is 7.52. The van der Waals surface area contributed by atoms with E-state index in [0.29, 0.717) is 17.3 Å². The fourth-order valence-corrected chi connectivity index (χ4v) is 3.25. The Morgan fingerprint density at radius 2 is 1.86 bits per heavy atom. The standard InChI is InChI=1S/C17H13F2NOS/c1-21-16-15(9-11-5-3-2-4-6-11)22-17(20-16)13-10-12(18)7-8-14(13)19/h2-8,10H,9H2,1H3. The van der Waals surface area contributed by atoms with Gasteiger partial charge in [0.1, 0.15) is 16.6 Å². The molecule has 5 heteroatoms. The van der Waals surface area contributed by atoms with Gasteiger partial charge in [0.15, 0.2) is 0 Å². The van der Waals surface area contributed by atoms with Crippen LogP contribution in [0.15, 0.2) is 48.5 Å². The highest BCUT2D eigenvalue weighted by atomic mass is 32.1. The zero-order valence-electron chi connectivity index (χ0n) is 11.8. The van der Waals surface area contributed by atoms with E-state index < -0.39 is 11.6 Å². The minimum absolute atomic E-state index is 0.155. The first kappa shape index (κ1) is 14.7. The predicted octanol–water partition coefficient (Wildman–Crippen LogP) is 4.69. The van der Waals surface area contributed by atoms with E-state index in [4.69, 9.17) is 4.74 Å². The molecule has 0 atom stereocenters. The molecule has 112 valence electrons. The zero-order chi connectivity index (χ0) is 15.5. The van der Waals surface area contributed by atoms with E-state index in [1.54, 1.807) is 0 Å². The van der Waals surface area contributed by atoms with Gasteiger partial charge in [0, 0.05) is 12.0 Å². The summed E-state index contributed by atoms with van der Waals surface area (Å²) in [5.74, 6) is -0.535. The zero-order valence-corrected chi connectivity index (χ0v) is 12.7. The monoisotopic (exact) mass is 317 g/mol. The molecule has 3 aromatic rings. The second kappa shape index (κ2) is 6.23. The molecule has 0 aliphatic heterocycles. The summed E-state index contributed by atoms with van der Waals surface area (Å²) in [7, 11) is 1.52. The molecule has 1 heterocycles. The van der Waals surface area contributed by atoms with Gasteiger partial charge in [-0.1, -0.05) is 30.3 Å². The smallest absolute Gasteiger partial charge is 0.228 e. The van der Waals surface area contributed by atoms with Crippen molar-refractivity contribution in [3.05, 3.63) is 70.6 Å². The quantitative estimate of drug-likeness (QED) is 0.696. The van der Waals surface area contributed by atoms with Gasteiger partial charge in [-0.25, -0.2) is 13.8 Å². The van der Waals surface area contributed by atoms with Crippen molar-refractivity contribution in [2.75, 3.05) is 7.11 Å². The third kappa shape index (κ3) is 2.99. The molecule has 0 radical (unpaired) electrons. The van der Waals surface area contributed by atoms with E-state index in [2.05, 4.69) is 4.98 Å². The van der Waals surface area contributed by atoms with Crippen LogP contribution < -0.4 is 4.74 Å². The van der Waals surface area contributed by atoms with Crippen LogP contribution in [0.5, 0.6) is 5.88 Å². The first-order chi connectivity index (χ1) is 10.7. The third-order valence-corrected chi connectivity index (χ3v) is 4.29. The molecule has 2 aromatic carbocycles. The summed E-state index contributed by atoms with van der Waals surface area (Å²) in [4.78, 5) is 5.17. The number of benzene rings is 2. The summed E-state index contributed by atoms with van der Waals surface area (Å²) < 4.78 is 32.5. The van der Waals surface area contributed by atoms with E-state index in [1.807, 2.05) is 30.3 Å². The number of aromatic nitrogens is 1. The van der Waals surface area contributed by atoms with Crippen LogP contribution in [0.2, 0.25) is 0 Å². The Labute approximate surface area is 131 Å². The normalized spacial score (nSPS) is 10.7. The van der Waals surface area contributed by atoms with Gasteiger partial charge in [0.05, 0.1) is 12.0 Å². The Kier molecular flexibility index (Phi) is 4.15. The Hall–Kier alpha value is -2.27. The van der Waals surface area contributed by atoms with Crippen LogP contribution in [0.1, 0.15) is 10.4 Å². The van der Waals surface area contributed by atoms with E-state index in [0.717, 1.165) is 28.6 Å². The van der Waals surface area contributed by atoms with Gasteiger partial charge in [-0.05, 0) is 23.8 Å². The van der Waals surface area contributed by atoms with Gasteiger partial charge in [0.2, 0.25) is 5.88 Å². The minimum atomic E-state index is -0.496. The molecule has 2 nitrogen and oxygen atoms in total. The number of hydrogen-bond donors (Lipinski definition) is 0. The Morgan fingerprint density at radius 1 is 1.09 bits per heavy atom. The number of halogens is 2. The maximum atomic E-state index is 13.9. The van der Waals surface area contributed by atoms with Gasteiger partial charge < -0.3 is 4.74 Å². The van der Waals surface area contributed by atoms with Gasteiger partial charge in [-0.15, -0.1) is 11.3 Å². The molecule has 0 N–H and O–H groups in total. The number of methoxy groups -OCH3 is 1. The lowest BCUT2D eigenvalue weighted by Crippen LogP contribution is -1.90. The largest absolute Gasteiger partial charge is 0.480 e. The van der Waals surface area contributed by atoms with Crippen molar-refractivity contribution in [2.45, 2.75) is 6.42 Å². The van der Waals surface area contributed by atoms with E-state index >= 15 is 0 Å². The fraction of sp³-hybridized carbons (Fsp3) is 0.118. The molecule has 0 spiro atoms. The third-order valence-electron chi connectivity index (χ3n) is 3.22. The summed E-state index contributed by atoms with van der Waals surface area (Å²) in [6.45, 7) is 0. The second-order valence-corrected chi connectivity index (χ2v) is 5.82. The molecule has 0 amide bonds. The molecular weight excluding hydrogens is 304 g/mol. The van der Waals surface area contributed by atoms with E-state index in [-0.39, 0.29) is 5.56 Å². The fourth-order valence-electron chi connectivity index (χ4n) is 2.17. The lowest BCUT2D eigenvalue weighted by molar-refractivity contribution is 0.397. The van der Waals surface area contributed by atoms with Gasteiger partial charge >= 0.3 is 0 Å². The highest BCUT2D eigenvalue weighted by Crippen LogP contribution is 2.35. The maximum Gasteiger partial charge on any atom is 0.228 e. The molecule has 0 unspecified atom stereocenters. The van der Waals surface area contributed by atoms with Crippen LogP contribution >= 0.6 is 11.3 Å². The average molecular weight is 317 g/mol. The van der Waals surface area contributed by atoms with Crippen molar-refractivity contribution >= 4 is 11.3 Å². The van der Waals surface area contributed by atoms with Crippen molar-refractivity contribution < 1.29 is 13.5 Å². The first-order valence-electron chi connectivity index (χ1n) is 6.70. The van der Waals surface area contributed by atoms with Crippen molar-refractivity contribution in [3.63, 3.8) is 0 Å². The molecule has 0 aliphatic rings. The summed E-state index contributed by atoms with van der Waals surface area (Å²) in [5, 5.41) is 0.416. The summed E-state index contributed by atoms with van der Waals surface area (Å²) in [5.41, 5.74) is 1.26. The van der Waals surface area contributed by atoms with Crippen molar-refractivity contribution in [3.8, 4) is 16.5 Å². The molecule has 0 aliphatic carbocycles. The Balaban J connectivity index is 1.99. The second-order valence-electron chi connectivity index (χ2n) is 4.74. The topological polar surface area (TPSA) is 22.1 Å². The molecule has 0 saturated carbocycles. The number of thiazole rings is 1. The number of rotatable bonds is 4. The van der Waals surface area contributed by atoms with E-state index in [1.165, 1.54) is 18.4 Å². The molecule has 0 saturated heterocycles. The van der Waals surface area contributed by atoms with Crippen LogP contribution in [0.25, 0.3) is 10.6 Å². The summed E-state index contributed by atoms with van der Waals surface area (Å²) >= 11 is 1.31. The SMILES string of the molecule is COc1nc(-c2cc(F)ccc2F)sc1Cc1ccccc1. The average Bonchev–Trinajstić information content (AvgIpc) is 2.93. The molecule has 3 rings (SSSR count). The van der Waals surface area contributed by atoms with E-state index in [9.17, 15) is 8.78 Å². The Morgan fingerprint density at radius 3 is 2.59 bits per heavy atom. The minimum Gasteiger partial charge on any atom is -0.480 e. The molecule has 0 fully saturated rings. The van der Waals surface area contributed by atoms with Crippen LogP contribution in [0, 0.1) is 11.6 Å². The van der Waals surface area contributed by atoms with Crippen LogP contribution in [0.3, 0.4) is 0 Å². The molecule has 0 bridgehead atoms. The van der Waals surface area contributed by atoms with Crippen molar-refractivity contribution in [1.82, 2.24) is 4.98 Å². The maximum absolute atomic E-state index is 13.9. The number of nitrogens with zero attached hydrogens (tertiary/aromatic N) is 1. The predicted molar refractivity (Wildman–Crippen MR) is 83.3 cm³/mol. The summed E-state index contributed by atoms with van der Waals surface area (Å²) in [6.07, 6.45) is 0.638. The van der Waals surface area contributed by atoms with Crippen molar-refractivity contribution in [2.24, 2.45) is 0 Å². The number of hydrogen-bond acceptors (Lipinski definition) is 3. The van der Waals surface area contributed by atoms with Crippen LogP contribution in [-0.4, -0.2) is 12.1 Å². The van der Waals surface area contributed by atoms with Crippen LogP contribution in [0.4, 0.5) is 8.78 Å². The highest BCUT2D eigenvalue weighted by molar-refractivity contribution is 7.15. The molecular formula is C17H13F2NOS. The molecule has 1 aromatic heterocycles. The van der Waals surface area contributed by atoms with Crippen molar-refractivity contribution in [1.29, 1.82) is 0 Å². The summed E-state index contributed by atoms with van der Waals surface area (Å²) in [6, 6.07) is 13.2. The van der Waals surface area contributed by atoms with Gasteiger partial charge in [0.25, 0.3) is 0 Å². The highest BCUT2D eigenvalue weighted by Gasteiger charge is 2.16. The Bertz CT molecular complexity index is 787. The lowest BCUT2D eigenvalue weighted by Gasteiger charge is -2.00. The van der Waals surface area contributed by atoms with Gasteiger partial charge in [-0.3, -0.25) is 0 Å².